The second-order valence-electron chi connectivity index (χ2n) is 11.3. The number of ketones is 1. The minimum atomic E-state index is -1.53. The molecule has 0 saturated carbocycles. The molecule has 1 aliphatic heterocycles. The zero-order valence-corrected chi connectivity index (χ0v) is 24.3. The van der Waals surface area contributed by atoms with Gasteiger partial charge in [-0.15, -0.1) is 11.3 Å². The first-order chi connectivity index (χ1) is 19.6. The molecule has 1 aliphatic carbocycles. The fourth-order valence-electron chi connectivity index (χ4n) is 6.31. The van der Waals surface area contributed by atoms with Crippen molar-refractivity contribution in [3.8, 4) is 11.5 Å². The molecule has 4 aromatic rings. The highest BCUT2D eigenvalue weighted by molar-refractivity contribution is 7.21. The highest BCUT2D eigenvalue weighted by atomic mass is 32.1. The van der Waals surface area contributed by atoms with Crippen LogP contribution in [0.1, 0.15) is 56.4 Å². The van der Waals surface area contributed by atoms with Crippen LogP contribution < -0.4 is 27.3 Å². The molecule has 3 aromatic carbocycles. The molecule has 7 N–H and O–H groups in total. The first-order valence-electron chi connectivity index (χ1n) is 13.9. The number of Topliss-reactive ketones (excluding diaryl/α,β-unsaturated/α-hetero) is 1. The number of anilines is 1. The van der Waals surface area contributed by atoms with Gasteiger partial charge in [-0.05, 0) is 86.8 Å². The minimum Gasteiger partial charge on any atom is -0.457 e. The van der Waals surface area contributed by atoms with Crippen molar-refractivity contribution in [1.29, 1.82) is 0 Å². The SMILES string of the molecule is Cc1c(Oc2ccccc2)ccc(C2(N)C(=O)C(N)c3c(C(=O)NC4CCCN(C)C4)sc4c(N)ccc2c34)c1C. The average Bonchev–Trinajstić information content (AvgIpc) is 3.36. The molecule has 0 bridgehead atoms. The maximum absolute atomic E-state index is 14.2. The quantitative estimate of drug-likeness (QED) is 0.260. The number of nitrogens with two attached hydrogens (primary N) is 3. The number of ether oxygens (including phenoxy) is 1. The number of carbonyl (C=O) groups is 2. The summed E-state index contributed by atoms with van der Waals surface area (Å²) < 4.78 is 6.85. The number of likely N-dealkylation sites (N-methyl/N-ethyl adjacent to an activating group) is 1. The summed E-state index contributed by atoms with van der Waals surface area (Å²) in [7, 11) is 2.05. The Morgan fingerprint density at radius 2 is 1.80 bits per heavy atom. The van der Waals surface area contributed by atoms with Crippen molar-refractivity contribution in [3.05, 3.63) is 87.3 Å². The van der Waals surface area contributed by atoms with Gasteiger partial charge in [0.2, 0.25) is 0 Å². The van der Waals surface area contributed by atoms with E-state index < -0.39 is 11.6 Å². The third-order valence-electron chi connectivity index (χ3n) is 8.61. The van der Waals surface area contributed by atoms with Crippen molar-refractivity contribution in [2.24, 2.45) is 11.5 Å². The molecule has 2 heterocycles. The summed E-state index contributed by atoms with van der Waals surface area (Å²) in [6, 6.07) is 15.7. The number of nitrogens with one attached hydrogen (secondary N) is 1. The number of piperidine rings is 1. The summed E-state index contributed by atoms with van der Waals surface area (Å²) in [5.41, 5.74) is 22.7. The summed E-state index contributed by atoms with van der Waals surface area (Å²) >= 11 is 1.28. The van der Waals surface area contributed by atoms with Crippen molar-refractivity contribution < 1.29 is 14.3 Å². The third kappa shape index (κ3) is 4.40. The molecule has 6 rings (SSSR count). The minimum absolute atomic E-state index is 0.0295. The van der Waals surface area contributed by atoms with Gasteiger partial charge in [0, 0.05) is 29.2 Å². The molecule has 212 valence electrons. The van der Waals surface area contributed by atoms with Crippen molar-refractivity contribution in [1.82, 2.24) is 10.2 Å². The summed E-state index contributed by atoms with van der Waals surface area (Å²) in [6.07, 6.45) is 1.92. The second-order valence-corrected chi connectivity index (χ2v) is 12.3. The van der Waals surface area contributed by atoms with Gasteiger partial charge in [0.1, 0.15) is 17.0 Å². The molecule has 1 aromatic heterocycles. The molecule has 41 heavy (non-hydrogen) atoms. The Morgan fingerprint density at radius 1 is 1.07 bits per heavy atom. The zero-order chi connectivity index (χ0) is 29.1. The maximum atomic E-state index is 14.2. The van der Waals surface area contributed by atoms with E-state index in [4.69, 9.17) is 21.9 Å². The van der Waals surface area contributed by atoms with Crippen molar-refractivity contribution >= 4 is 38.8 Å². The second kappa shape index (κ2) is 10.3. The molecule has 3 atom stereocenters. The fraction of sp³-hybridized carbons (Fsp3) is 0.312. The Bertz CT molecular complexity index is 1680. The highest BCUT2D eigenvalue weighted by Crippen LogP contribution is 2.50. The van der Waals surface area contributed by atoms with Crippen molar-refractivity contribution in [2.75, 3.05) is 25.9 Å². The van der Waals surface area contributed by atoms with E-state index in [0.29, 0.717) is 38.4 Å². The number of nitrogen functional groups attached to an aromatic ring is 1. The normalized spacial score (nSPS) is 22.6. The van der Waals surface area contributed by atoms with E-state index in [2.05, 4.69) is 10.2 Å². The lowest BCUT2D eigenvalue weighted by atomic mass is 9.69. The van der Waals surface area contributed by atoms with Crippen LogP contribution in [0, 0.1) is 13.8 Å². The molecule has 0 radical (unpaired) electrons. The number of amides is 1. The number of hydrogen-bond acceptors (Lipinski definition) is 8. The predicted molar refractivity (Wildman–Crippen MR) is 164 cm³/mol. The summed E-state index contributed by atoms with van der Waals surface area (Å²) in [5.74, 6) is 0.809. The van der Waals surface area contributed by atoms with Crippen LogP contribution in [0.4, 0.5) is 5.69 Å². The van der Waals surface area contributed by atoms with E-state index in [1.165, 1.54) is 11.3 Å². The number of benzene rings is 3. The van der Waals surface area contributed by atoms with Crippen LogP contribution in [-0.2, 0) is 10.3 Å². The van der Waals surface area contributed by atoms with Gasteiger partial charge in [-0.25, -0.2) is 0 Å². The van der Waals surface area contributed by atoms with Crippen LogP contribution in [0.15, 0.2) is 54.6 Å². The van der Waals surface area contributed by atoms with Gasteiger partial charge in [0.05, 0.1) is 15.6 Å². The molecule has 0 spiro atoms. The standard InChI is InChI=1S/C32H35N5O3S/c1-17-18(2)24(40-20-9-5-4-6-10-20)14-12-21(17)32(35)22-11-13-23(33)28-25(22)26(27(34)30(32)38)29(41-28)31(39)36-19-8-7-15-37(3)16-19/h4-6,9-14,19,27H,7-8,15-16,33-35H2,1-3H3,(H,36,39). The lowest BCUT2D eigenvalue weighted by Gasteiger charge is -2.38. The summed E-state index contributed by atoms with van der Waals surface area (Å²) in [5, 5.41) is 3.88. The van der Waals surface area contributed by atoms with Gasteiger partial charge in [-0.1, -0.05) is 30.3 Å². The van der Waals surface area contributed by atoms with Gasteiger partial charge in [-0.3, -0.25) is 9.59 Å². The largest absolute Gasteiger partial charge is 0.457 e. The molecular weight excluding hydrogens is 534 g/mol. The maximum Gasteiger partial charge on any atom is 0.262 e. The number of nitrogens with zero attached hydrogens (tertiary/aromatic N) is 1. The van der Waals surface area contributed by atoms with Crippen LogP contribution in [-0.4, -0.2) is 42.8 Å². The zero-order valence-electron chi connectivity index (χ0n) is 23.5. The molecule has 1 amide bonds. The highest BCUT2D eigenvalue weighted by Gasteiger charge is 2.49. The average molecular weight is 570 g/mol. The van der Waals surface area contributed by atoms with Crippen molar-refractivity contribution in [3.63, 3.8) is 0 Å². The van der Waals surface area contributed by atoms with Crippen LogP contribution in [0.3, 0.4) is 0 Å². The summed E-state index contributed by atoms with van der Waals surface area (Å²) in [4.78, 5) is 30.5. The van der Waals surface area contributed by atoms with E-state index in [1.807, 2.05) is 63.4 Å². The Hall–Kier alpha value is -3.76. The monoisotopic (exact) mass is 569 g/mol. The lowest BCUT2D eigenvalue weighted by molar-refractivity contribution is -0.124. The Morgan fingerprint density at radius 3 is 2.54 bits per heavy atom. The number of para-hydroxylation sites is 1. The van der Waals surface area contributed by atoms with Gasteiger partial charge in [0.25, 0.3) is 5.91 Å². The lowest BCUT2D eigenvalue weighted by Crippen LogP contribution is -2.53. The van der Waals surface area contributed by atoms with Gasteiger partial charge >= 0.3 is 0 Å². The van der Waals surface area contributed by atoms with Crippen LogP contribution in [0.25, 0.3) is 10.1 Å². The Kier molecular flexibility index (Phi) is 6.86. The molecule has 8 nitrogen and oxygen atoms in total. The topological polar surface area (TPSA) is 137 Å². The van der Waals surface area contributed by atoms with Crippen molar-refractivity contribution in [2.45, 2.75) is 44.3 Å². The molecule has 1 saturated heterocycles. The molecular formula is C32H35N5O3S. The predicted octanol–water partition coefficient (Wildman–Crippen LogP) is 4.50. The van der Waals surface area contributed by atoms with Gasteiger partial charge in [-0.2, -0.15) is 0 Å². The Balaban J connectivity index is 1.46. The van der Waals surface area contributed by atoms with Gasteiger partial charge in [0.15, 0.2) is 5.78 Å². The number of rotatable bonds is 5. The number of thiophene rings is 1. The first kappa shape index (κ1) is 27.4. The van der Waals surface area contributed by atoms with E-state index in [-0.39, 0.29) is 17.7 Å². The smallest absolute Gasteiger partial charge is 0.262 e. The third-order valence-corrected chi connectivity index (χ3v) is 9.87. The van der Waals surface area contributed by atoms with E-state index in [1.54, 1.807) is 12.1 Å². The number of likely N-dealkylation sites (tertiary alicyclic amines) is 1. The van der Waals surface area contributed by atoms with Crippen LogP contribution in [0.5, 0.6) is 11.5 Å². The molecule has 1 fully saturated rings. The van der Waals surface area contributed by atoms with Crippen LogP contribution >= 0.6 is 11.3 Å². The van der Waals surface area contributed by atoms with Gasteiger partial charge < -0.3 is 32.2 Å². The number of hydrogen-bond donors (Lipinski definition) is 4. The molecule has 2 aliphatic rings. The van der Waals surface area contributed by atoms with E-state index in [0.717, 1.165) is 47.5 Å². The van der Waals surface area contributed by atoms with E-state index in [9.17, 15) is 9.59 Å². The number of carbonyl (C=O) groups excluding carboxylic acids is 2. The molecule has 3 unspecified atom stereocenters. The molecule has 9 heteroatoms. The fourth-order valence-corrected chi connectivity index (χ4v) is 7.51. The first-order valence-corrected chi connectivity index (χ1v) is 14.7. The Labute approximate surface area is 243 Å². The van der Waals surface area contributed by atoms with Crippen LogP contribution in [0.2, 0.25) is 0 Å². The summed E-state index contributed by atoms with van der Waals surface area (Å²) in [6.45, 7) is 5.68. The van der Waals surface area contributed by atoms with E-state index >= 15 is 0 Å².